The van der Waals surface area contributed by atoms with Crippen LogP contribution in [-0.2, 0) is 14.3 Å². The number of benzene rings is 2. The zero-order chi connectivity index (χ0) is 26.2. The number of nitrogens with zero attached hydrogens (tertiary/aromatic N) is 1. The van der Waals surface area contributed by atoms with Crippen molar-refractivity contribution < 1.29 is 33.4 Å². The number of imide groups is 2. The predicted octanol–water partition coefficient (Wildman–Crippen LogP) is 4.87. The molecule has 9 nitrogen and oxygen atoms in total. The molecule has 2 aromatic rings. The first-order valence-electron chi connectivity index (χ1n) is 11.4. The number of barbiturate groups is 1. The van der Waals surface area contributed by atoms with Crippen LogP contribution in [0.25, 0.3) is 6.08 Å². The second-order valence-corrected chi connectivity index (χ2v) is 8.79. The van der Waals surface area contributed by atoms with Crippen molar-refractivity contribution in [1.29, 1.82) is 0 Å². The van der Waals surface area contributed by atoms with Gasteiger partial charge in [0.1, 0.15) is 5.57 Å². The number of amides is 4. The maximum absolute atomic E-state index is 13.2. The van der Waals surface area contributed by atoms with Crippen molar-refractivity contribution in [2.24, 2.45) is 0 Å². The van der Waals surface area contributed by atoms with Crippen LogP contribution >= 0.6 is 15.9 Å². The van der Waals surface area contributed by atoms with Crippen LogP contribution in [0, 0.1) is 0 Å². The highest BCUT2D eigenvalue weighted by atomic mass is 79.9. The van der Waals surface area contributed by atoms with E-state index in [0.29, 0.717) is 28.1 Å². The van der Waals surface area contributed by atoms with Gasteiger partial charge >= 0.3 is 12.0 Å². The molecule has 10 heteroatoms. The Hall–Kier alpha value is -3.66. The molecule has 0 radical (unpaired) electrons. The molecule has 0 spiro atoms. The normalized spacial score (nSPS) is 14.6. The van der Waals surface area contributed by atoms with Crippen LogP contribution in [0.4, 0.5) is 10.5 Å². The number of ether oxygens (including phenoxy) is 3. The first-order chi connectivity index (χ1) is 17.3. The van der Waals surface area contributed by atoms with Crippen molar-refractivity contribution >= 4 is 51.5 Å². The lowest BCUT2D eigenvalue weighted by atomic mass is 10.1. The van der Waals surface area contributed by atoms with Crippen LogP contribution in [-0.4, -0.2) is 44.6 Å². The molecule has 0 saturated carbocycles. The minimum Gasteiger partial charge on any atom is -0.493 e. The average Bonchev–Trinajstić information content (AvgIpc) is 2.87. The third-order valence-electron chi connectivity index (χ3n) is 5.46. The van der Waals surface area contributed by atoms with E-state index in [2.05, 4.69) is 32.9 Å². The molecule has 36 heavy (non-hydrogen) atoms. The highest BCUT2D eigenvalue weighted by Crippen LogP contribution is 2.37. The van der Waals surface area contributed by atoms with E-state index in [-0.39, 0.29) is 16.8 Å². The standard InChI is InChI=1S/C26H27BrN2O7/c1-4-5-6-7-12-36-22-20(27)14-16(15-21(22)34-2)13-19-23(30)28-26(33)29(24(19)31)18-10-8-17(9-11-18)25(32)35-3/h8-11,13-15H,4-7,12H2,1-3H3,(H,28,30,33)/b19-13-. The minimum atomic E-state index is -0.890. The Morgan fingerprint density at radius 1 is 1.06 bits per heavy atom. The third-order valence-corrected chi connectivity index (χ3v) is 6.04. The maximum atomic E-state index is 13.2. The summed E-state index contributed by atoms with van der Waals surface area (Å²) in [5, 5.41) is 2.18. The van der Waals surface area contributed by atoms with E-state index in [1.165, 1.54) is 44.6 Å². The van der Waals surface area contributed by atoms with Crippen LogP contribution in [0.5, 0.6) is 11.5 Å². The number of esters is 1. The number of nitrogens with one attached hydrogen (secondary N) is 1. The van der Waals surface area contributed by atoms with E-state index in [1.54, 1.807) is 12.1 Å². The van der Waals surface area contributed by atoms with Gasteiger partial charge in [0.15, 0.2) is 11.5 Å². The monoisotopic (exact) mass is 558 g/mol. The summed E-state index contributed by atoms with van der Waals surface area (Å²) in [6, 6.07) is 8.13. The summed E-state index contributed by atoms with van der Waals surface area (Å²) in [6.45, 7) is 2.67. The molecule has 1 saturated heterocycles. The topological polar surface area (TPSA) is 111 Å². The van der Waals surface area contributed by atoms with Gasteiger partial charge in [-0.2, -0.15) is 0 Å². The molecule has 1 N–H and O–H groups in total. The number of carbonyl (C=O) groups is 4. The van der Waals surface area contributed by atoms with Crippen molar-refractivity contribution in [2.45, 2.75) is 32.6 Å². The van der Waals surface area contributed by atoms with Crippen molar-refractivity contribution in [3.8, 4) is 11.5 Å². The lowest BCUT2D eigenvalue weighted by molar-refractivity contribution is -0.122. The number of rotatable bonds is 10. The van der Waals surface area contributed by atoms with Crippen molar-refractivity contribution in [3.63, 3.8) is 0 Å². The van der Waals surface area contributed by atoms with E-state index in [1.807, 2.05) is 0 Å². The summed E-state index contributed by atoms with van der Waals surface area (Å²) in [5.74, 6) is -1.22. The van der Waals surface area contributed by atoms with Crippen LogP contribution in [0.3, 0.4) is 0 Å². The van der Waals surface area contributed by atoms with Crippen molar-refractivity contribution in [3.05, 3.63) is 57.6 Å². The summed E-state index contributed by atoms with van der Waals surface area (Å²) < 4.78 is 16.6. The van der Waals surface area contributed by atoms with Gasteiger partial charge in [-0.3, -0.25) is 14.9 Å². The average molecular weight is 559 g/mol. The highest BCUT2D eigenvalue weighted by molar-refractivity contribution is 9.10. The van der Waals surface area contributed by atoms with Gasteiger partial charge in [-0.25, -0.2) is 14.5 Å². The highest BCUT2D eigenvalue weighted by Gasteiger charge is 2.37. The van der Waals surface area contributed by atoms with Gasteiger partial charge < -0.3 is 14.2 Å². The zero-order valence-corrected chi connectivity index (χ0v) is 21.8. The first-order valence-corrected chi connectivity index (χ1v) is 12.2. The lowest BCUT2D eigenvalue weighted by Crippen LogP contribution is -2.54. The van der Waals surface area contributed by atoms with Crippen LogP contribution in [0.1, 0.15) is 48.5 Å². The molecule has 0 aliphatic carbocycles. The number of halogens is 1. The second kappa shape index (κ2) is 12.3. The molecule has 1 heterocycles. The third kappa shape index (κ3) is 6.12. The van der Waals surface area contributed by atoms with Crippen LogP contribution in [0.2, 0.25) is 0 Å². The van der Waals surface area contributed by atoms with Gasteiger partial charge in [0, 0.05) is 0 Å². The van der Waals surface area contributed by atoms with Crippen molar-refractivity contribution in [2.75, 3.05) is 25.7 Å². The van der Waals surface area contributed by atoms with E-state index in [0.717, 1.165) is 30.6 Å². The molecule has 3 rings (SSSR count). The van der Waals surface area contributed by atoms with Crippen LogP contribution in [0.15, 0.2) is 46.4 Å². The largest absolute Gasteiger partial charge is 0.493 e. The summed E-state index contributed by atoms with van der Waals surface area (Å²) in [6.07, 6.45) is 5.62. The van der Waals surface area contributed by atoms with Crippen molar-refractivity contribution in [1.82, 2.24) is 5.32 Å². The fourth-order valence-corrected chi connectivity index (χ4v) is 4.16. The molecule has 4 amide bonds. The molecule has 1 aliphatic heterocycles. The van der Waals surface area contributed by atoms with E-state index >= 15 is 0 Å². The Morgan fingerprint density at radius 3 is 2.42 bits per heavy atom. The smallest absolute Gasteiger partial charge is 0.337 e. The van der Waals surface area contributed by atoms with E-state index in [4.69, 9.17) is 9.47 Å². The Balaban J connectivity index is 1.87. The number of carbonyl (C=O) groups excluding carboxylic acids is 4. The van der Waals surface area contributed by atoms with Gasteiger partial charge in [-0.1, -0.05) is 26.2 Å². The summed E-state index contributed by atoms with van der Waals surface area (Å²) >= 11 is 3.48. The fraction of sp³-hybridized carbons (Fsp3) is 0.308. The minimum absolute atomic E-state index is 0.189. The Kier molecular flexibility index (Phi) is 9.24. The molecule has 1 aliphatic rings. The molecule has 0 unspecified atom stereocenters. The second-order valence-electron chi connectivity index (χ2n) is 7.94. The SMILES string of the molecule is CCCCCCOc1c(Br)cc(/C=C2/C(=O)NC(=O)N(c3ccc(C(=O)OC)cc3)C2=O)cc1OC. The molecule has 2 aromatic carbocycles. The fourth-order valence-electron chi connectivity index (χ4n) is 3.59. The molecule has 0 bridgehead atoms. The molecular formula is C26H27BrN2O7. The Morgan fingerprint density at radius 2 is 1.78 bits per heavy atom. The number of anilines is 1. The maximum Gasteiger partial charge on any atom is 0.337 e. The zero-order valence-electron chi connectivity index (χ0n) is 20.3. The molecule has 190 valence electrons. The number of methoxy groups -OCH3 is 2. The number of hydrogen-bond donors (Lipinski definition) is 1. The molecule has 0 atom stereocenters. The van der Waals surface area contributed by atoms with Gasteiger partial charge in [0.25, 0.3) is 11.8 Å². The van der Waals surface area contributed by atoms with Crippen LogP contribution < -0.4 is 19.7 Å². The van der Waals surface area contributed by atoms with Gasteiger partial charge in [0.2, 0.25) is 0 Å². The lowest BCUT2D eigenvalue weighted by Gasteiger charge is -2.26. The molecule has 1 fully saturated rings. The number of urea groups is 1. The number of hydrogen-bond acceptors (Lipinski definition) is 7. The summed E-state index contributed by atoms with van der Waals surface area (Å²) in [4.78, 5) is 50.7. The quantitative estimate of drug-likeness (QED) is 0.191. The first kappa shape index (κ1) is 26.9. The predicted molar refractivity (Wildman–Crippen MR) is 137 cm³/mol. The van der Waals surface area contributed by atoms with E-state index < -0.39 is 23.8 Å². The Bertz CT molecular complexity index is 1190. The number of unbranched alkanes of at least 4 members (excludes halogenated alkanes) is 3. The van der Waals surface area contributed by atoms with Gasteiger partial charge in [-0.05, 0) is 70.4 Å². The Labute approximate surface area is 217 Å². The summed E-state index contributed by atoms with van der Waals surface area (Å²) in [7, 11) is 2.75. The van der Waals surface area contributed by atoms with Gasteiger partial charge in [0.05, 0.1) is 36.6 Å². The summed E-state index contributed by atoms with van der Waals surface area (Å²) in [5.41, 5.74) is 0.691. The molecular weight excluding hydrogens is 532 g/mol. The van der Waals surface area contributed by atoms with Gasteiger partial charge in [-0.15, -0.1) is 0 Å². The molecule has 0 aromatic heterocycles. The van der Waals surface area contributed by atoms with E-state index in [9.17, 15) is 19.2 Å².